The van der Waals surface area contributed by atoms with E-state index in [2.05, 4.69) is 75.8 Å². The molecule has 0 radical (unpaired) electrons. The number of carbonyl (C=O) groups is 13. The van der Waals surface area contributed by atoms with Gasteiger partial charge in [0, 0.05) is 65.6 Å². The third-order valence-corrected chi connectivity index (χ3v) is 16.2. The van der Waals surface area contributed by atoms with E-state index in [0.717, 1.165) is 10.9 Å². The van der Waals surface area contributed by atoms with Gasteiger partial charge in [-0.05, 0) is 93.7 Å². The van der Waals surface area contributed by atoms with E-state index in [1.165, 1.54) is 13.8 Å². The van der Waals surface area contributed by atoms with Crippen LogP contribution in [0.1, 0.15) is 95.8 Å². The number of carboxylic acids is 2. The first-order valence-electron chi connectivity index (χ1n) is 31.2. The van der Waals surface area contributed by atoms with E-state index < -0.39 is 175 Å². The Hall–Kier alpha value is -9.88. The number of aromatic amines is 2. The number of aromatic nitrogens is 2. The second kappa shape index (κ2) is 37.7. The number of primary amides is 1. The van der Waals surface area contributed by atoms with Crippen molar-refractivity contribution in [3.05, 3.63) is 108 Å². The standard InChI is InChI=1S/C64H87N15O15S/c1-5-34(2)54(79-59(88)45(21-13-14-26-65)74-57(86)46(22-24-51(67)80)75-58(87)47(23-25-53(82)83)73-56(85)42(66)27-37-15-7-6-8-16-37)63(92)70-32-52(81)71-35(3)55(84)76-48(28-38-30-68-43-19-11-9-17-40(38)43)60(89)77-49(29-39-31-69-44-20-12-10-18-41(39)44)61(90)78-50(33-95)62(91)72-36(4)64(93)94/h6-12,15-20,30-31,34-36,42,45-50,54,68-69,95H,5,13-14,21-29,32-33,65-66H2,1-4H3,(H2,67,80)(H,70,92)(H,71,81)(H,72,91)(H,73,85)(H,74,86)(H,75,87)(H,76,84)(H,77,89)(H,78,90)(H,79,88)(H,82,83)(H,93,94)/t34-,35-,36-,42-,45-,46-,47-,48-,49-,50+,54-/m1/s1. The summed E-state index contributed by atoms with van der Waals surface area (Å²) in [5.74, 6) is -13.1. The predicted molar refractivity (Wildman–Crippen MR) is 353 cm³/mol. The summed E-state index contributed by atoms with van der Waals surface area (Å²) in [6, 6.07) is 9.22. The van der Waals surface area contributed by atoms with Crippen LogP contribution < -0.4 is 70.4 Å². The molecule has 0 unspecified atom stereocenters. The maximum absolute atomic E-state index is 14.7. The van der Waals surface area contributed by atoms with Crippen molar-refractivity contribution in [2.24, 2.45) is 23.1 Å². The lowest BCUT2D eigenvalue weighted by Crippen LogP contribution is -2.60. The molecule has 0 aliphatic carbocycles. The fourth-order valence-electron chi connectivity index (χ4n) is 10.1. The van der Waals surface area contributed by atoms with Crippen molar-refractivity contribution in [2.75, 3.05) is 18.8 Å². The van der Waals surface area contributed by atoms with Crippen LogP contribution in [0.2, 0.25) is 0 Å². The molecule has 30 nitrogen and oxygen atoms in total. The number of H-pyrrole nitrogens is 2. The summed E-state index contributed by atoms with van der Waals surface area (Å²) in [5, 5.41) is 45.7. The Morgan fingerprint density at radius 3 is 1.48 bits per heavy atom. The molecule has 2 aromatic heterocycles. The van der Waals surface area contributed by atoms with Gasteiger partial charge in [-0.25, -0.2) is 0 Å². The van der Waals surface area contributed by atoms with Crippen LogP contribution in [0.3, 0.4) is 0 Å². The molecule has 95 heavy (non-hydrogen) atoms. The van der Waals surface area contributed by atoms with Crippen LogP contribution in [0.25, 0.3) is 21.8 Å². The monoisotopic (exact) mass is 1340 g/mol. The normalized spacial score (nSPS) is 14.6. The zero-order valence-electron chi connectivity index (χ0n) is 53.3. The second-order valence-electron chi connectivity index (χ2n) is 23.1. The minimum Gasteiger partial charge on any atom is -0.481 e. The molecule has 31 heteroatoms. The quantitative estimate of drug-likeness (QED) is 0.0163. The number of fused-ring (bicyclic) bond motifs is 2. The molecule has 0 fully saturated rings. The zero-order valence-corrected chi connectivity index (χ0v) is 54.2. The first-order chi connectivity index (χ1) is 45.2. The Bertz CT molecular complexity index is 3510. The summed E-state index contributed by atoms with van der Waals surface area (Å²) >= 11 is 4.22. The summed E-state index contributed by atoms with van der Waals surface area (Å²) in [6.07, 6.45) is 2.19. The molecule has 0 spiro atoms. The number of rotatable bonds is 40. The van der Waals surface area contributed by atoms with Gasteiger partial charge in [-0.2, -0.15) is 12.6 Å². The number of nitrogens with one attached hydrogen (secondary N) is 12. The van der Waals surface area contributed by atoms with Crippen LogP contribution in [0.5, 0.6) is 0 Å². The third-order valence-electron chi connectivity index (χ3n) is 15.8. The van der Waals surface area contributed by atoms with Crippen molar-refractivity contribution < 1.29 is 72.5 Å². The highest BCUT2D eigenvalue weighted by molar-refractivity contribution is 7.80. The summed E-state index contributed by atoms with van der Waals surface area (Å²) < 4.78 is 0. The second-order valence-corrected chi connectivity index (χ2v) is 23.5. The van der Waals surface area contributed by atoms with E-state index in [9.17, 15) is 72.5 Å². The van der Waals surface area contributed by atoms with Gasteiger partial charge in [0.25, 0.3) is 0 Å². The molecule has 5 rings (SSSR count). The SMILES string of the molecule is CC[C@@H](C)[C@@H](NC(=O)[C@@H](CCCCN)NC(=O)[C@@H](CCC(N)=O)NC(=O)[C@@H](CCC(=O)O)NC(=O)[C@H](N)Cc1ccccc1)C(=O)NCC(=O)N[C@H](C)C(=O)N[C@H](Cc1c[nH]c2ccccc12)C(=O)N[C@H](Cc1c[nH]c2ccccc12)C(=O)N[C@@H](CS)C(=O)N[C@H](C)C(=O)O. The van der Waals surface area contributed by atoms with E-state index in [1.807, 2.05) is 6.07 Å². The number of amides is 11. The minimum atomic E-state index is -1.58. The molecule has 3 aromatic carbocycles. The molecule has 0 aliphatic rings. The largest absolute Gasteiger partial charge is 0.481 e. The van der Waals surface area contributed by atoms with Crippen molar-refractivity contribution in [3.63, 3.8) is 0 Å². The molecule has 11 amide bonds. The molecule has 0 bridgehead atoms. The lowest BCUT2D eigenvalue weighted by atomic mass is 9.97. The molecule has 0 saturated carbocycles. The van der Waals surface area contributed by atoms with Crippen molar-refractivity contribution in [1.82, 2.24) is 63.1 Å². The van der Waals surface area contributed by atoms with Crippen molar-refractivity contribution >= 4 is 111 Å². The third kappa shape index (κ3) is 23.9. The van der Waals surface area contributed by atoms with E-state index in [-0.39, 0.29) is 44.4 Å². The Morgan fingerprint density at radius 2 is 0.968 bits per heavy atom. The number of para-hydroxylation sites is 2. The maximum Gasteiger partial charge on any atom is 0.325 e. The Balaban J connectivity index is 1.29. The van der Waals surface area contributed by atoms with E-state index >= 15 is 0 Å². The van der Waals surface area contributed by atoms with Crippen molar-refractivity contribution in [3.8, 4) is 0 Å². The van der Waals surface area contributed by atoms with Gasteiger partial charge in [0.2, 0.25) is 65.0 Å². The molecule has 11 atom stereocenters. The van der Waals surface area contributed by atoms with E-state index in [1.54, 1.807) is 99.0 Å². The van der Waals surface area contributed by atoms with Crippen LogP contribution in [0.4, 0.5) is 0 Å². The molecule has 20 N–H and O–H groups in total. The first-order valence-corrected chi connectivity index (χ1v) is 31.8. The smallest absolute Gasteiger partial charge is 0.325 e. The molecular formula is C64H87N15O15S. The van der Waals surface area contributed by atoms with Gasteiger partial charge in [0.05, 0.1) is 12.6 Å². The molecule has 0 saturated heterocycles. The van der Waals surface area contributed by atoms with E-state index in [0.29, 0.717) is 40.4 Å². The van der Waals surface area contributed by atoms with E-state index in [4.69, 9.17) is 17.2 Å². The fourth-order valence-corrected chi connectivity index (χ4v) is 10.4. The van der Waals surface area contributed by atoms with Crippen molar-refractivity contribution in [1.29, 1.82) is 0 Å². The summed E-state index contributed by atoms with van der Waals surface area (Å²) in [7, 11) is 0. The number of thiol groups is 1. The van der Waals surface area contributed by atoms with Crippen LogP contribution in [-0.4, -0.2) is 176 Å². The van der Waals surface area contributed by atoms with Gasteiger partial charge in [0.15, 0.2) is 0 Å². The van der Waals surface area contributed by atoms with Crippen molar-refractivity contribution in [2.45, 2.75) is 159 Å². The van der Waals surface area contributed by atoms with Crippen LogP contribution >= 0.6 is 12.6 Å². The lowest BCUT2D eigenvalue weighted by Gasteiger charge is -2.28. The lowest BCUT2D eigenvalue weighted by molar-refractivity contribution is -0.141. The summed E-state index contributed by atoms with van der Waals surface area (Å²) in [4.78, 5) is 181. The molecule has 514 valence electrons. The summed E-state index contributed by atoms with van der Waals surface area (Å²) in [6.45, 7) is 5.41. The summed E-state index contributed by atoms with van der Waals surface area (Å²) in [5.41, 5.74) is 20.7. The Morgan fingerprint density at radius 1 is 0.505 bits per heavy atom. The molecule has 0 aliphatic heterocycles. The Labute approximate surface area is 553 Å². The average Bonchev–Trinajstić information content (AvgIpc) is 1.73. The van der Waals surface area contributed by atoms with Gasteiger partial charge in [-0.1, -0.05) is 87.0 Å². The number of nitrogens with two attached hydrogens (primary N) is 3. The molecular weight excluding hydrogens is 1250 g/mol. The number of aliphatic carboxylic acids is 2. The highest BCUT2D eigenvalue weighted by atomic mass is 32.1. The fraction of sp³-hybridized carbons (Fsp3) is 0.453. The van der Waals surface area contributed by atoms with Gasteiger partial charge in [0.1, 0.15) is 54.4 Å². The number of hydrogen-bond donors (Lipinski definition) is 18. The van der Waals surface area contributed by atoms with Crippen LogP contribution in [0, 0.1) is 5.92 Å². The number of unbranched alkanes of at least 4 members (excludes halogenated alkanes) is 1. The first kappa shape index (κ1) is 75.8. The predicted octanol–water partition coefficient (Wildman–Crippen LogP) is -1.16. The zero-order chi connectivity index (χ0) is 69.9. The van der Waals surface area contributed by atoms with Gasteiger partial charge in [-0.3, -0.25) is 62.3 Å². The Kier molecular flexibility index (Phi) is 30.1. The minimum absolute atomic E-state index is 0.0434. The average molecular weight is 1340 g/mol. The van der Waals surface area contributed by atoms with Gasteiger partial charge < -0.3 is 90.5 Å². The number of carbonyl (C=O) groups excluding carboxylic acids is 11. The number of carboxylic acid groups (broad SMARTS) is 2. The van der Waals surface area contributed by atoms with Crippen LogP contribution in [-0.2, 0) is 81.6 Å². The van der Waals surface area contributed by atoms with Gasteiger partial charge in [-0.15, -0.1) is 0 Å². The maximum atomic E-state index is 14.7. The number of hydrogen-bond acceptors (Lipinski definition) is 16. The highest BCUT2D eigenvalue weighted by Crippen LogP contribution is 2.22. The molecule has 2 heterocycles. The topological polar surface area (TPSA) is 492 Å². The van der Waals surface area contributed by atoms with Gasteiger partial charge >= 0.3 is 11.9 Å². The molecule has 5 aromatic rings. The highest BCUT2D eigenvalue weighted by Gasteiger charge is 2.36. The number of benzene rings is 3. The van der Waals surface area contributed by atoms with Crippen LogP contribution in [0.15, 0.2) is 91.3 Å².